The Hall–Kier alpha value is -1.03. The van der Waals surface area contributed by atoms with Gasteiger partial charge in [-0.3, -0.25) is 4.79 Å². The molecule has 1 atom stereocenters. The van der Waals surface area contributed by atoms with Crippen molar-refractivity contribution in [3.63, 3.8) is 0 Å². The lowest BCUT2D eigenvalue weighted by atomic mass is 10.2. The van der Waals surface area contributed by atoms with Gasteiger partial charge in [0.25, 0.3) is 0 Å². The first-order valence-electron chi connectivity index (χ1n) is 5.46. The first-order valence-corrected chi connectivity index (χ1v) is 6.61. The molecule has 0 N–H and O–H groups in total. The van der Waals surface area contributed by atoms with Gasteiger partial charge in [0, 0.05) is 30.6 Å². The predicted octanol–water partition coefficient (Wildman–Crippen LogP) is 2.23. The summed E-state index contributed by atoms with van der Waals surface area (Å²) in [5.74, 6) is 3.43. The van der Waals surface area contributed by atoms with Crippen LogP contribution >= 0.6 is 11.8 Å². The van der Waals surface area contributed by atoms with Gasteiger partial charge in [-0.05, 0) is 31.2 Å². The Bertz CT molecular complexity index is 371. The van der Waals surface area contributed by atoms with Gasteiger partial charge < -0.3 is 4.90 Å². The van der Waals surface area contributed by atoms with E-state index in [0.717, 1.165) is 5.82 Å². The summed E-state index contributed by atoms with van der Waals surface area (Å²) in [6, 6.07) is 4.36. The van der Waals surface area contributed by atoms with Crippen LogP contribution in [0.5, 0.6) is 0 Å². The maximum Gasteiger partial charge on any atom is 0.161 e. The summed E-state index contributed by atoms with van der Waals surface area (Å²) in [7, 11) is 2.08. The van der Waals surface area contributed by atoms with Crippen LogP contribution in [0.4, 0.5) is 5.82 Å². The molecule has 1 unspecified atom stereocenters. The summed E-state index contributed by atoms with van der Waals surface area (Å²) in [6.07, 6.45) is 2.88. The summed E-state index contributed by atoms with van der Waals surface area (Å²) < 4.78 is 0. The normalized spacial score (nSPS) is 19.8. The smallest absolute Gasteiger partial charge is 0.161 e. The SMILES string of the molecule is CC(=O)c1ccc(N(C)C2CCSC2)nc1. The summed E-state index contributed by atoms with van der Waals surface area (Å²) in [5.41, 5.74) is 0.679. The highest BCUT2D eigenvalue weighted by Crippen LogP contribution is 2.24. The number of Topliss-reactive ketones (excluding diaryl/α,β-unsaturated/α-hetero) is 1. The average Bonchev–Trinajstić information content (AvgIpc) is 2.81. The number of hydrogen-bond donors (Lipinski definition) is 0. The van der Waals surface area contributed by atoms with Gasteiger partial charge in [0.1, 0.15) is 5.82 Å². The fourth-order valence-corrected chi connectivity index (χ4v) is 3.09. The maximum absolute atomic E-state index is 11.1. The van der Waals surface area contributed by atoms with Crippen LogP contribution in [-0.2, 0) is 0 Å². The van der Waals surface area contributed by atoms with Crippen molar-refractivity contribution in [2.45, 2.75) is 19.4 Å². The number of anilines is 1. The van der Waals surface area contributed by atoms with Crippen molar-refractivity contribution >= 4 is 23.4 Å². The van der Waals surface area contributed by atoms with Gasteiger partial charge in [-0.25, -0.2) is 4.98 Å². The van der Waals surface area contributed by atoms with E-state index in [9.17, 15) is 4.79 Å². The van der Waals surface area contributed by atoms with Gasteiger partial charge in [0.15, 0.2) is 5.78 Å². The number of nitrogens with zero attached hydrogens (tertiary/aromatic N) is 2. The van der Waals surface area contributed by atoms with E-state index in [1.165, 1.54) is 17.9 Å². The molecule has 1 saturated heterocycles. The number of thioether (sulfide) groups is 1. The highest BCUT2D eigenvalue weighted by atomic mass is 32.2. The summed E-state index contributed by atoms with van der Waals surface area (Å²) >= 11 is 1.99. The maximum atomic E-state index is 11.1. The third-order valence-corrected chi connectivity index (χ3v) is 4.11. The minimum absolute atomic E-state index is 0.0677. The van der Waals surface area contributed by atoms with Gasteiger partial charge in [-0.15, -0.1) is 0 Å². The highest BCUT2D eigenvalue weighted by Gasteiger charge is 2.20. The van der Waals surface area contributed by atoms with Crippen molar-refractivity contribution in [2.75, 3.05) is 23.5 Å². The number of carbonyl (C=O) groups is 1. The zero-order valence-corrected chi connectivity index (χ0v) is 10.5. The Balaban J connectivity index is 2.11. The van der Waals surface area contributed by atoms with Crippen LogP contribution in [0.3, 0.4) is 0 Å². The third-order valence-electron chi connectivity index (χ3n) is 2.97. The van der Waals surface area contributed by atoms with E-state index < -0.39 is 0 Å². The number of ketones is 1. The van der Waals surface area contributed by atoms with Crippen molar-refractivity contribution in [1.29, 1.82) is 0 Å². The summed E-state index contributed by atoms with van der Waals surface area (Å²) in [6.45, 7) is 1.56. The molecule has 2 heterocycles. The van der Waals surface area contributed by atoms with E-state index in [2.05, 4.69) is 16.9 Å². The highest BCUT2D eigenvalue weighted by molar-refractivity contribution is 7.99. The van der Waals surface area contributed by atoms with Crippen LogP contribution in [-0.4, -0.2) is 35.4 Å². The largest absolute Gasteiger partial charge is 0.356 e. The quantitative estimate of drug-likeness (QED) is 0.754. The second kappa shape index (κ2) is 4.87. The second-order valence-electron chi connectivity index (χ2n) is 4.09. The Labute approximate surface area is 100 Å². The lowest BCUT2D eigenvalue weighted by Crippen LogP contribution is -2.31. The van der Waals surface area contributed by atoms with Crippen molar-refractivity contribution in [3.8, 4) is 0 Å². The molecule has 1 aliphatic heterocycles. The van der Waals surface area contributed by atoms with E-state index in [1.54, 1.807) is 13.1 Å². The molecule has 0 bridgehead atoms. The molecular weight excluding hydrogens is 220 g/mol. The second-order valence-corrected chi connectivity index (χ2v) is 5.24. The first kappa shape index (κ1) is 11.5. The van der Waals surface area contributed by atoms with Crippen LogP contribution in [0.2, 0.25) is 0 Å². The zero-order valence-electron chi connectivity index (χ0n) is 9.64. The van der Waals surface area contributed by atoms with Crippen molar-refractivity contribution < 1.29 is 4.79 Å². The molecule has 0 amide bonds. The molecule has 86 valence electrons. The van der Waals surface area contributed by atoms with Gasteiger partial charge in [0.05, 0.1) is 0 Å². The van der Waals surface area contributed by atoms with E-state index in [-0.39, 0.29) is 5.78 Å². The standard InChI is InChI=1S/C12H16N2OS/c1-9(15)10-3-4-12(13-7-10)14(2)11-5-6-16-8-11/h3-4,7,11H,5-6,8H2,1-2H3. The Morgan fingerprint density at radius 3 is 2.88 bits per heavy atom. The van der Waals surface area contributed by atoms with Gasteiger partial charge in [-0.2, -0.15) is 11.8 Å². The molecule has 1 fully saturated rings. The van der Waals surface area contributed by atoms with Crippen molar-refractivity contribution in [2.24, 2.45) is 0 Å². The Kier molecular flexibility index (Phi) is 3.49. The number of rotatable bonds is 3. The van der Waals surface area contributed by atoms with E-state index in [0.29, 0.717) is 11.6 Å². The molecule has 0 aromatic carbocycles. The summed E-state index contributed by atoms with van der Waals surface area (Å²) in [5, 5.41) is 0. The first-order chi connectivity index (χ1) is 7.68. The van der Waals surface area contributed by atoms with Crippen LogP contribution < -0.4 is 4.90 Å². The molecule has 0 saturated carbocycles. The third kappa shape index (κ3) is 2.38. The number of pyridine rings is 1. The molecular formula is C12H16N2OS. The topological polar surface area (TPSA) is 33.2 Å². The average molecular weight is 236 g/mol. The van der Waals surface area contributed by atoms with Gasteiger partial charge >= 0.3 is 0 Å². The number of carbonyl (C=O) groups excluding carboxylic acids is 1. The van der Waals surface area contributed by atoms with Crippen molar-refractivity contribution in [1.82, 2.24) is 4.98 Å². The van der Waals surface area contributed by atoms with Crippen molar-refractivity contribution in [3.05, 3.63) is 23.9 Å². The molecule has 1 aromatic rings. The zero-order chi connectivity index (χ0) is 11.5. The minimum Gasteiger partial charge on any atom is -0.356 e. The van der Waals surface area contributed by atoms with Gasteiger partial charge in [0.2, 0.25) is 0 Å². The number of hydrogen-bond acceptors (Lipinski definition) is 4. The van der Waals surface area contributed by atoms with Gasteiger partial charge in [-0.1, -0.05) is 0 Å². The lowest BCUT2D eigenvalue weighted by molar-refractivity contribution is 0.101. The molecule has 0 radical (unpaired) electrons. The molecule has 3 nitrogen and oxygen atoms in total. The Morgan fingerprint density at radius 1 is 1.56 bits per heavy atom. The predicted molar refractivity (Wildman–Crippen MR) is 68.4 cm³/mol. The molecule has 4 heteroatoms. The molecule has 16 heavy (non-hydrogen) atoms. The number of aromatic nitrogens is 1. The van der Waals surface area contributed by atoms with Crippen LogP contribution in [0.25, 0.3) is 0 Å². The minimum atomic E-state index is 0.0677. The van der Waals surface area contributed by atoms with Crippen LogP contribution in [0.1, 0.15) is 23.7 Å². The molecule has 1 aromatic heterocycles. The van der Waals surface area contributed by atoms with Crippen LogP contribution in [0.15, 0.2) is 18.3 Å². The van der Waals surface area contributed by atoms with E-state index >= 15 is 0 Å². The fraction of sp³-hybridized carbons (Fsp3) is 0.500. The summed E-state index contributed by atoms with van der Waals surface area (Å²) in [4.78, 5) is 17.7. The molecule has 2 rings (SSSR count). The van der Waals surface area contributed by atoms with Crippen LogP contribution in [0, 0.1) is 0 Å². The molecule has 0 aliphatic carbocycles. The van der Waals surface area contributed by atoms with E-state index in [4.69, 9.17) is 0 Å². The fourth-order valence-electron chi connectivity index (χ4n) is 1.82. The monoisotopic (exact) mass is 236 g/mol. The molecule has 0 spiro atoms. The lowest BCUT2D eigenvalue weighted by Gasteiger charge is -2.24. The van der Waals surface area contributed by atoms with E-state index in [1.807, 2.05) is 23.9 Å². The molecule has 1 aliphatic rings. The Morgan fingerprint density at radius 2 is 2.38 bits per heavy atom.